The topological polar surface area (TPSA) is 58.4 Å². The Balaban J connectivity index is 2.43. The summed E-state index contributed by atoms with van der Waals surface area (Å²) in [4.78, 5) is 13.4. The van der Waals surface area contributed by atoms with Gasteiger partial charge in [-0.1, -0.05) is 30.3 Å². The molecule has 3 N–H and O–H groups in total. The van der Waals surface area contributed by atoms with Gasteiger partial charge in [-0.15, -0.1) is 0 Å². The Bertz CT molecular complexity index is 336. The zero-order valence-electron chi connectivity index (χ0n) is 10.5. The van der Waals surface area contributed by atoms with Gasteiger partial charge in [-0.2, -0.15) is 0 Å². The summed E-state index contributed by atoms with van der Waals surface area (Å²) in [5.74, 6) is 0. The molecule has 4 nitrogen and oxygen atoms in total. The van der Waals surface area contributed by atoms with E-state index >= 15 is 0 Å². The normalized spacial score (nSPS) is 11.9. The molecule has 0 unspecified atom stereocenters. The Labute approximate surface area is 103 Å². The maximum atomic E-state index is 11.7. The molecule has 2 amide bonds. The van der Waals surface area contributed by atoms with E-state index in [1.54, 1.807) is 4.90 Å². The Hall–Kier alpha value is -1.55. The molecule has 0 saturated heterocycles. The number of rotatable bonds is 5. The van der Waals surface area contributed by atoms with Crippen molar-refractivity contribution < 1.29 is 4.79 Å². The van der Waals surface area contributed by atoms with Crippen LogP contribution in [0.1, 0.15) is 25.5 Å². The molecule has 1 atom stereocenters. The number of urea groups is 1. The highest BCUT2D eigenvalue weighted by Crippen LogP contribution is 2.07. The second-order valence-corrected chi connectivity index (χ2v) is 3.88. The summed E-state index contributed by atoms with van der Waals surface area (Å²) in [7, 11) is 0. The summed E-state index contributed by atoms with van der Waals surface area (Å²) in [5.41, 5.74) is 7.03. The monoisotopic (exact) mass is 235 g/mol. The molecule has 1 rings (SSSR count). The molecule has 0 bridgehead atoms. The molecule has 0 aliphatic heterocycles. The van der Waals surface area contributed by atoms with Crippen LogP contribution in [0.5, 0.6) is 0 Å². The third-order valence-electron chi connectivity index (χ3n) is 2.75. The molecule has 0 radical (unpaired) electrons. The fraction of sp³-hybridized carbons (Fsp3) is 0.462. The first-order valence-electron chi connectivity index (χ1n) is 6.02. The molecule has 0 spiro atoms. The highest BCUT2D eigenvalue weighted by molar-refractivity contribution is 5.74. The number of nitrogens with one attached hydrogen (secondary N) is 1. The summed E-state index contributed by atoms with van der Waals surface area (Å²) >= 11 is 0. The molecular formula is C13H21N3O. The summed E-state index contributed by atoms with van der Waals surface area (Å²) in [5, 5.41) is 2.84. The van der Waals surface area contributed by atoms with Gasteiger partial charge in [0.2, 0.25) is 0 Å². The molecule has 0 aliphatic rings. The van der Waals surface area contributed by atoms with Gasteiger partial charge in [0.05, 0.1) is 0 Å². The first kappa shape index (κ1) is 13.5. The molecule has 1 aromatic carbocycles. The molecule has 0 aromatic heterocycles. The average Bonchev–Trinajstić information content (AvgIpc) is 2.38. The van der Waals surface area contributed by atoms with E-state index in [1.807, 2.05) is 44.2 Å². The standard InChI is InChI=1S/C13H21N3O/c1-3-16(4-2)13(17)15-10-12(14)11-8-6-5-7-9-11/h5-9,12H,3-4,10,14H2,1-2H3,(H,15,17)/t12-/m1/s1. The van der Waals surface area contributed by atoms with Gasteiger partial charge in [0.15, 0.2) is 0 Å². The van der Waals surface area contributed by atoms with Crippen LogP contribution in [0, 0.1) is 0 Å². The van der Waals surface area contributed by atoms with E-state index in [0.717, 1.165) is 5.56 Å². The van der Waals surface area contributed by atoms with Gasteiger partial charge < -0.3 is 16.0 Å². The van der Waals surface area contributed by atoms with Crippen LogP contribution in [-0.4, -0.2) is 30.6 Å². The van der Waals surface area contributed by atoms with E-state index in [2.05, 4.69) is 5.32 Å². The van der Waals surface area contributed by atoms with Gasteiger partial charge in [0, 0.05) is 25.7 Å². The van der Waals surface area contributed by atoms with Crippen molar-refractivity contribution in [1.82, 2.24) is 10.2 Å². The molecule has 0 heterocycles. The molecule has 0 fully saturated rings. The maximum Gasteiger partial charge on any atom is 0.317 e. The number of amides is 2. The Morgan fingerprint density at radius 2 is 1.88 bits per heavy atom. The second-order valence-electron chi connectivity index (χ2n) is 3.88. The van der Waals surface area contributed by atoms with Gasteiger partial charge in [0.1, 0.15) is 0 Å². The molecule has 0 saturated carbocycles. The lowest BCUT2D eigenvalue weighted by molar-refractivity contribution is 0.202. The van der Waals surface area contributed by atoms with Gasteiger partial charge in [0.25, 0.3) is 0 Å². The third-order valence-corrected chi connectivity index (χ3v) is 2.75. The first-order valence-corrected chi connectivity index (χ1v) is 6.02. The van der Waals surface area contributed by atoms with Crippen molar-refractivity contribution in [3.05, 3.63) is 35.9 Å². The quantitative estimate of drug-likeness (QED) is 0.816. The SMILES string of the molecule is CCN(CC)C(=O)NC[C@@H](N)c1ccccc1. The largest absolute Gasteiger partial charge is 0.336 e. The van der Waals surface area contributed by atoms with Gasteiger partial charge in [-0.05, 0) is 19.4 Å². The minimum absolute atomic E-state index is 0.0543. The van der Waals surface area contributed by atoms with Crippen molar-refractivity contribution in [1.29, 1.82) is 0 Å². The summed E-state index contributed by atoms with van der Waals surface area (Å²) in [6, 6.07) is 9.56. The number of hydrogen-bond acceptors (Lipinski definition) is 2. The van der Waals surface area contributed by atoms with Crippen molar-refractivity contribution >= 4 is 6.03 Å². The van der Waals surface area contributed by atoms with Gasteiger partial charge >= 0.3 is 6.03 Å². The fourth-order valence-electron chi connectivity index (χ4n) is 1.64. The first-order chi connectivity index (χ1) is 8.19. The molecular weight excluding hydrogens is 214 g/mol. The van der Waals surface area contributed by atoms with Crippen molar-refractivity contribution in [3.8, 4) is 0 Å². The molecule has 94 valence electrons. The highest BCUT2D eigenvalue weighted by atomic mass is 16.2. The number of nitrogens with zero attached hydrogens (tertiary/aromatic N) is 1. The average molecular weight is 235 g/mol. The predicted molar refractivity (Wildman–Crippen MR) is 69.7 cm³/mol. The highest BCUT2D eigenvalue weighted by Gasteiger charge is 2.11. The smallest absolute Gasteiger partial charge is 0.317 e. The number of carbonyl (C=O) groups is 1. The van der Waals surface area contributed by atoms with Crippen molar-refractivity contribution in [3.63, 3.8) is 0 Å². The fourth-order valence-corrected chi connectivity index (χ4v) is 1.64. The van der Waals surface area contributed by atoms with Crippen molar-refractivity contribution in [2.75, 3.05) is 19.6 Å². The zero-order chi connectivity index (χ0) is 12.7. The van der Waals surface area contributed by atoms with Crippen LogP contribution in [0.3, 0.4) is 0 Å². The van der Waals surface area contributed by atoms with E-state index in [0.29, 0.717) is 19.6 Å². The number of nitrogens with two attached hydrogens (primary N) is 1. The molecule has 17 heavy (non-hydrogen) atoms. The van der Waals surface area contributed by atoms with Crippen LogP contribution in [-0.2, 0) is 0 Å². The van der Waals surface area contributed by atoms with Crippen LogP contribution >= 0.6 is 0 Å². The van der Waals surface area contributed by atoms with E-state index in [-0.39, 0.29) is 12.1 Å². The van der Waals surface area contributed by atoms with E-state index < -0.39 is 0 Å². The third kappa shape index (κ3) is 4.07. The Morgan fingerprint density at radius 3 is 2.41 bits per heavy atom. The molecule has 4 heteroatoms. The van der Waals surface area contributed by atoms with E-state index in [4.69, 9.17) is 5.73 Å². The predicted octanol–water partition coefficient (Wildman–Crippen LogP) is 1.74. The van der Waals surface area contributed by atoms with Crippen molar-refractivity contribution in [2.45, 2.75) is 19.9 Å². The van der Waals surface area contributed by atoms with E-state index in [1.165, 1.54) is 0 Å². The maximum absolute atomic E-state index is 11.7. The molecule has 0 aliphatic carbocycles. The summed E-state index contributed by atoms with van der Waals surface area (Å²) in [6.07, 6.45) is 0. The lowest BCUT2D eigenvalue weighted by Gasteiger charge is -2.21. The Morgan fingerprint density at radius 1 is 1.29 bits per heavy atom. The van der Waals surface area contributed by atoms with Crippen LogP contribution in [0.2, 0.25) is 0 Å². The number of carbonyl (C=O) groups excluding carboxylic acids is 1. The van der Waals surface area contributed by atoms with E-state index in [9.17, 15) is 4.79 Å². The lowest BCUT2D eigenvalue weighted by atomic mass is 10.1. The zero-order valence-corrected chi connectivity index (χ0v) is 10.5. The van der Waals surface area contributed by atoms with Crippen LogP contribution < -0.4 is 11.1 Å². The van der Waals surface area contributed by atoms with Gasteiger partial charge in [-0.25, -0.2) is 4.79 Å². The van der Waals surface area contributed by atoms with Crippen LogP contribution in [0.15, 0.2) is 30.3 Å². The lowest BCUT2D eigenvalue weighted by Crippen LogP contribution is -2.42. The second kappa shape index (κ2) is 6.91. The molecule has 1 aromatic rings. The van der Waals surface area contributed by atoms with Crippen LogP contribution in [0.25, 0.3) is 0 Å². The number of benzene rings is 1. The Kier molecular flexibility index (Phi) is 5.49. The van der Waals surface area contributed by atoms with Gasteiger partial charge in [-0.3, -0.25) is 0 Å². The summed E-state index contributed by atoms with van der Waals surface area (Å²) < 4.78 is 0. The summed E-state index contributed by atoms with van der Waals surface area (Å²) in [6.45, 7) is 5.80. The minimum atomic E-state index is -0.157. The van der Waals surface area contributed by atoms with Crippen molar-refractivity contribution in [2.24, 2.45) is 5.73 Å². The number of hydrogen-bond donors (Lipinski definition) is 2. The minimum Gasteiger partial charge on any atom is -0.336 e. The van der Waals surface area contributed by atoms with Crippen LogP contribution in [0.4, 0.5) is 4.79 Å².